The highest BCUT2D eigenvalue weighted by Crippen LogP contribution is 2.29. The standard InChI is InChI=1S/C13H17N5O3/c1-14-10-7-15-9(6-16-10)8-18-11(19)13(17-12(18)20)2-4-21-5-3-13/h6-7H,2-5,8H2,1H3,(H,14,16)(H,17,20). The maximum atomic E-state index is 12.5. The Labute approximate surface area is 121 Å². The van der Waals surface area contributed by atoms with Crippen LogP contribution in [0.5, 0.6) is 0 Å². The van der Waals surface area contributed by atoms with Crippen molar-refractivity contribution < 1.29 is 14.3 Å². The number of imide groups is 1. The van der Waals surface area contributed by atoms with Gasteiger partial charge in [-0.3, -0.25) is 14.7 Å². The van der Waals surface area contributed by atoms with E-state index in [1.54, 1.807) is 19.4 Å². The monoisotopic (exact) mass is 291 g/mol. The van der Waals surface area contributed by atoms with Crippen molar-refractivity contribution in [1.82, 2.24) is 20.2 Å². The predicted octanol–water partition coefficient (Wildman–Crippen LogP) is 0.119. The molecular formula is C13H17N5O3. The summed E-state index contributed by atoms with van der Waals surface area (Å²) in [5.74, 6) is 0.437. The summed E-state index contributed by atoms with van der Waals surface area (Å²) in [5.41, 5.74) is -0.227. The highest BCUT2D eigenvalue weighted by molar-refractivity contribution is 6.07. The number of aromatic nitrogens is 2. The normalized spacial score (nSPS) is 20.7. The summed E-state index contributed by atoms with van der Waals surface area (Å²) in [7, 11) is 1.75. The first-order chi connectivity index (χ1) is 10.1. The smallest absolute Gasteiger partial charge is 0.325 e. The van der Waals surface area contributed by atoms with Crippen LogP contribution in [0.4, 0.5) is 10.6 Å². The van der Waals surface area contributed by atoms with Crippen molar-refractivity contribution in [2.24, 2.45) is 0 Å². The van der Waals surface area contributed by atoms with E-state index >= 15 is 0 Å². The lowest BCUT2D eigenvalue weighted by atomic mass is 9.90. The summed E-state index contributed by atoms with van der Waals surface area (Å²) in [6, 6.07) is -0.374. The van der Waals surface area contributed by atoms with Gasteiger partial charge in [0.2, 0.25) is 0 Å². The van der Waals surface area contributed by atoms with E-state index in [9.17, 15) is 9.59 Å². The topological polar surface area (TPSA) is 96.5 Å². The zero-order chi connectivity index (χ0) is 14.9. The van der Waals surface area contributed by atoms with Gasteiger partial charge in [0.05, 0.1) is 24.6 Å². The molecular weight excluding hydrogens is 274 g/mol. The van der Waals surface area contributed by atoms with Crippen LogP contribution >= 0.6 is 0 Å². The molecule has 2 N–H and O–H groups in total. The van der Waals surface area contributed by atoms with Gasteiger partial charge in [0, 0.05) is 33.1 Å². The van der Waals surface area contributed by atoms with Gasteiger partial charge in [-0.25, -0.2) is 9.78 Å². The lowest BCUT2D eigenvalue weighted by Gasteiger charge is -2.30. The number of ether oxygens (including phenoxy) is 1. The van der Waals surface area contributed by atoms with Crippen LogP contribution in [0.25, 0.3) is 0 Å². The Morgan fingerprint density at radius 1 is 1.33 bits per heavy atom. The summed E-state index contributed by atoms with van der Waals surface area (Å²) in [4.78, 5) is 34.1. The number of carbonyl (C=O) groups is 2. The van der Waals surface area contributed by atoms with E-state index < -0.39 is 5.54 Å². The van der Waals surface area contributed by atoms with Gasteiger partial charge < -0.3 is 15.4 Å². The van der Waals surface area contributed by atoms with Crippen LogP contribution in [0.3, 0.4) is 0 Å². The quantitative estimate of drug-likeness (QED) is 0.768. The van der Waals surface area contributed by atoms with Crippen molar-refractivity contribution in [3.63, 3.8) is 0 Å². The number of rotatable bonds is 3. The van der Waals surface area contributed by atoms with Crippen LogP contribution < -0.4 is 10.6 Å². The van der Waals surface area contributed by atoms with Crippen molar-refractivity contribution in [3.05, 3.63) is 18.1 Å². The largest absolute Gasteiger partial charge is 0.381 e. The zero-order valence-electron chi connectivity index (χ0n) is 11.8. The maximum Gasteiger partial charge on any atom is 0.325 e. The summed E-state index contributed by atoms with van der Waals surface area (Å²) in [6.07, 6.45) is 4.15. The first-order valence-corrected chi connectivity index (χ1v) is 6.85. The third-order valence-corrected chi connectivity index (χ3v) is 3.87. The van der Waals surface area contributed by atoms with Gasteiger partial charge in [-0.1, -0.05) is 0 Å². The van der Waals surface area contributed by atoms with E-state index in [2.05, 4.69) is 20.6 Å². The number of anilines is 1. The van der Waals surface area contributed by atoms with Crippen LogP contribution in [-0.4, -0.2) is 52.6 Å². The van der Waals surface area contributed by atoms with Gasteiger partial charge in [0.1, 0.15) is 11.4 Å². The predicted molar refractivity (Wildman–Crippen MR) is 73.4 cm³/mol. The van der Waals surface area contributed by atoms with Crippen LogP contribution in [-0.2, 0) is 16.1 Å². The fourth-order valence-electron chi connectivity index (χ4n) is 2.61. The molecule has 2 fully saturated rings. The van der Waals surface area contributed by atoms with Gasteiger partial charge in [-0.15, -0.1) is 0 Å². The van der Waals surface area contributed by atoms with Gasteiger partial charge in [0.25, 0.3) is 5.91 Å². The maximum absolute atomic E-state index is 12.5. The van der Waals surface area contributed by atoms with Crippen LogP contribution in [0, 0.1) is 0 Å². The molecule has 3 amide bonds. The van der Waals surface area contributed by atoms with Crippen molar-refractivity contribution >= 4 is 17.8 Å². The Kier molecular flexibility index (Phi) is 3.46. The second kappa shape index (κ2) is 5.28. The number of urea groups is 1. The second-order valence-corrected chi connectivity index (χ2v) is 5.16. The minimum Gasteiger partial charge on any atom is -0.381 e. The number of nitrogens with zero attached hydrogens (tertiary/aromatic N) is 3. The molecule has 0 radical (unpaired) electrons. The molecule has 2 aliphatic heterocycles. The highest BCUT2D eigenvalue weighted by atomic mass is 16.5. The second-order valence-electron chi connectivity index (χ2n) is 5.16. The van der Waals surface area contributed by atoms with Crippen LogP contribution in [0.1, 0.15) is 18.5 Å². The molecule has 21 heavy (non-hydrogen) atoms. The molecule has 0 aliphatic carbocycles. The van der Waals surface area contributed by atoms with E-state index in [1.807, 2.05) is 0 Å². The first-order valence-electron chi connectivity index (χ1n) is 6.85. The van der Waals surface area contributed by atoms with Gasteiger partial charge >= 0.3 is 6.03 Å². The molecule has 3 rings (SSSR count). The minimum absolute atomic E-state index is 0.129. The summed E-state index contributed by atoms with van der Waals surface area (Å²) in [6.45, 7) is 1.09. The van der Waals surface area contributed by atoms with E-state index in [-0.39, 0.29) is 18.5 Å². The molecule has 0 atom stereocenters. The Morgan fingerprint density at radius 2 is 2.10 bits per heavy atom. The molecule has 2 saturated heterocycles. The Hall–Kier alpha value is -2.22. The molecule has 3 heterocycles. The molecule has 0 aromatic carbocycles. The number of carbonyl (C=O) groups excluding carboxylic acids is 2. The van der Waals surface area contributed by atoms with Crippen molar-refractivity contribution in [2.45, 2.75) is 24.9 Å². The van der Waals surface area contributed by atoms with Crippen molar-refractivity contribution in [2.75, 3.05) is 25.6 Å². The lowest BCUT2D eigenvalue weighted by molar-refractivity contribution is -0.135. The Balaban J connectivity index is 1.75. The van der Waals surface area contributed by atoms with Gasteiger partial charge in [-0.05, 0) is 0 Å². The minimum atomic E-state index is -0.798. The van der Waals surface area contributed by atoms with Crippen molar-refractivity contribution in [3.8, 4) is 0 Å². The number of amides is 3. The first kappa shape index (κ1) is 13.7. The summed E-state index contributed by atoms with van der Waals surface area (Å²) < 4.78 is 5.27. The molecule has 0 bridgehead atoms. The molecule has 8 nitrogen and oxygen atoms in total. The molecule has 0 unspecified atom stereocenters. The molecule has 2 aliphatic rings. The number of hydrogen-bond acceptors (Lipinski definition) is 6. The van der Waals surface area contributed by atoms with E-state index in [0.29, 0.717) is 37.6 Å². The molecule has 1 aromatic heterocycles. The third-order valence-electron chi connectivity index (χ3n) is 3.87. The summed E-state index contributed by atoms with van der Waals surface area (Å²) in [5, 5.41) is 5.67. The van der Waals surface area contributed by atoms with E-state index in [4.69, 9.17) is 4.74 Å². The average Bonchev–Trinajstić information content (AvgIpc) is 2.73. The molecule has 1 aromatic rings. The average molecular weight is 291 g/mol. The molecule has 0 saturated carbocycles. The van der Waals surface area contributed by atoms with Gasteiger partial charge in [-0.2, -0.15) is 0 Å². The number of hydrogen-bond donors (Lipinski definition) is 2. The Morgan fingerprint density at radius 3 is 2.71 bits per heavy atom. The number of nitrogens with one attached hydrogen (secondary N) is 2. The summed E-state index contributed by atoms with van der Waals surface area (Å²) >= 11 is 0. The molecule has 8 heteroatoms. The SMILES string of the molecule is CNc1cnc(CN2C(=O)NC3(CCOCC3)C2=O)cn1. The zero-order valence-corrected chi connectivity index (χ0v) is 11.8. The van der Waals surface area contributed by atoms with Crippen LogP contribution in [0.15, 0.2) is 12.4 Å². The molecule has 112 valence electrons. The highest BCUT2D eigenvalue weighted by Gasteiger charge is 2.51. The van der Waals surface area contributed by atoms with Gasteiger partial charge in [0.15, 0.2) is 0 Å². The Bertz CT molecular complexity index is 553. The fraction of sp³-hybridized carbons (Fsp3) is 0.538. The molecule has 1 spiro atoms. The van der Waals surface area contributed by atoms with Crippen molar-refractivity contribution in [1.29, 1.82) is 0 Å². The fourth-order valence-corrected chi connectivity index (χ4v) is 2.61. The lowest BCUT2D eigenvalue weighted by Crippen LogP contribution is -2.51. The van der Waals surface area contributed by atoms with Crippen LogP contribution in [0.2, 0.25) is 0 Å². The van der Waals surface area contributed by atoms with E-state index in [1.165, 1.54) is 4.90 Å². The third kappa shape index (κ3) is 2.42. The van der Waals surface area contributed by atoms with E-state index in [0.717, 1.165) is 0 Å².